The normalized spacial score (nSPS) is 12.9. The summed E-state index contributed by atoms with van der Waals surface area (Å²) in [5.41, 5.74) is 0.982. The van der Waals surface area contributed by atoms with Crippen molar-refractivity contribution in [3.05, 3.63) is 34.2 Å². The van der Waals surface area contributed by atoms with E-state index in [4.69, 9.17) is 4.42 Å². The fourth-order valence-corrected chi connectivity index (χ4v) is 3.44. The van der Waals surface area contributed by atoms with Crippen molar-refractivity contribution in [3.8, 4) is 0 Å². The maximum Gasteiger partial charge on any atom is 0.116 e. The fraction of sp³-hybridized carbons (Fsp3) is 0.300. The Kier molecular flexibility index (Phi) is 3.02. The Balaban J connectivity index is 2.14. The van der Waals surface area contributed by atoms with Crippen molar-refractivity contribution in [2.45, 2.75) is 24.5 Å². The van der Waals surface area contributed by atoms with Crippen LogP contribution in [0.4, 0.5) is 0 Å². The highest BCUT2D eigenvalue weighted by molar-refractivity contribution is 7.84. The van der Waals surface area contributed by atoms with E-state index in [1.165, 1.54) is 0 Å². The second kappa shape index (κ2) is 4.28. The molecular weight excluding hydrogens is 230 g/mol. The van der Waals surface area contributed by atoms with Gasteiger partial charge in [0.1, 0.15) is 10.8 Å². The molecule has 15 heavy (non-hydrogen) atoms. The van der Waals surface area contributed by atoms with Crippen molar-refractivity contribution in [2.24, 2.45) is 0 Å². The lowest BCUT2D eigenvalue weighted by Crippen LogP contribution is -1.96. The Bertz CT molecular complexity index is 487. The monoisotopic (exact) mass is 241 g/mol. The van der Waals surface area contributed by atoms with E-state index in [0.29, 0.717) is 5.75 Å². The van der Waals surface area contributed by atoms with E-state index in [1.807, 2.05) is 19.2 Å². The quantitative estimate of drug-likeness (QED) is 0.829. The van der Waals surface area contributed by atoms with Gasteiger partial charge < -0.3 is 4.42 Å². The molecule has 0 amide bonds. The van der Waals surface area contributed by atoms with E-state index in [1.54, 1.807) is 23.7 Å². The Morgan fingerprint density at radius 1 is 1.53 bits per heavy atom. The van der Waals surface area contributed by atoms with Crippen LogP contribution >= 0.6 is 11.3 Å². The number of nitrogens with zero attached hydrogens (tertiary/aromatic N) is 1. The Morgan fingerprint density at radius 3 is 2.87 bits per heavy atom. The second-order valence-electron chi connectivity index (χ2n) is 3.21. The zero-order valence-corrected chi connectivity index (χ0v) is 10.2. The number of furan rings is 1. The summed E-state index contributed by atoms with van der Waals surface area (Å²) in [4.78, 5) is 5.05. The van der Waals surface area contributed by atoms with Crippen LogP contribution in [0.15, 0.2) is 27.0 Å². The molecule has 2 aromatic rings. The average molecular weight is 241 g/mol. The van der Waals surface area contributed by atoms with Crippen LogP contribution in [0.1, 0.15) is 16.5 Å². The first-order chi connectivity index (χ1) is 7.16. The molecule has 0 saturated heterocycles. The zero-order valence-electron chi connectivity index (χ0n) is 8.52. The standard InChI is InChI=1S/C10H11NO2S2/c1-7-5-14-10(11-7)6-15(12)9-3-4-13-8(9)2/h3-5H,6H2,1-2H3. The molecule has 2 heterocycles. The number of hydrogen-bond donors (Lipinski definition) is 0. The minimum atomic E-state index is -1.05. The van der Waals surface area contributed by atoms with Gasteiger partial charge in [0.2, 0.25) is 0 Å². The summed E-state index contributed by atoms with van der Waals surface area (Å²) in [6.45, 7) is 3.76. The van der Waals surface area contributed by atoms with Crippen molar-refractivity contribution in [3.63, 3.8) is 0 Å². The molecule has 0 spiro atoms. The molecular formula is C10H11NO2S2. The van der Waals surface area contributed by atoms with Crippen LogP contribution < -0.4 is 0 Å². The summed E-state index contributed by atoms with van der Waals surface area (Å²) >= 11 is 1.55. The lowest BCUT2D eigenvalue weighted by molar-refractivity contribution is 0.526. The summed E-state index contributed by atoms with van der Waals surface area (Å²) in [6.07, 6.45) is 1.57. The van der Waals surface area contributed by atoms with Crippen molar-refractivity contribution >= 4 is 22.1 Å². The van der Waals surface area contributed by atoms with Gasteiger partial charge in [0.15, 0.2) is 0 Å². The molecule has 0 aliphatic heterocycles. The molecule has 80 valence electrons. The van der Waals surface area contributed by atoms with Gasteiger partial charge in [-0.15, -0.1) is 11.3 Å². The number of thiazole rings is 1. The van der Waals surface area contributed by atoms with Gasteiger partial charge in [-0.2, -0.15) is 0 Å². The molecule has 2 rings (SSSR count). The van der Waals surface area contributed by atoms with E-state index in [0.717, 1.165) is 21.4 Å². The topological polar surface area (TPSA) is 43.1 Å². The molecule has 0 fully saturated rings. The van der Waals surface area contributed by atoms with Gasteiger partial charge >= 0.3 is 0 Å². The van der Waals surface area contributed by atoms with Gasteiger partial charge in [0.25, 0.3) is 0 Å². The van der Waals surface area contributed by atoms with Gasteiger partial charge in [-0.05, 0) is 19.9 Å². The van der Waals surface area contributed by atoms with E-state index in [-0.39, 0.29) is 0 Å². The average Bonchev–Trinajstić information content (AvgIpc) is 2.75. The maximum absolute atomic E-state index is 11.9. The molecule has 0 radical (unpaired) electrons. The number of hydrogen-bond acceptors (Lipinski definition) is 4. The van der Waals surface area contributed by atoms with Gasteiger partial charge in [-0.3, -0.25) is 4.21 Å². The maximum atomic E-state index is 11.9. The Morgan fingerprint density at radius 2 is 2.33 bits per heavy atom. The fourth-order valence-electron chi connectivity index (χ4n) is 1.27. The van der Waals surface area contributed by atoms with Crippen LogP contribution in [0, 0.1) is 13.8 Å². The van der Waals surface area contributed by atoms with Crippen LogP contribution in [0.2, 0.25) is 0 Å². The number of rotatable bonds is 3. The summed E-state index contributed by atoms with van der Waals surface area (Å²) in [6, 6.07) is 1.76. The summed E-state index contributed by atoms with van der Waals surface area (Å²) in [5, 5.41) is 2.88. The summed E-state index contributed by atoms with van der Waals surface area (Å²) in [7, 11) is -1.05. The third-order valence-corrected chi connectivity index (χ3v) is 4.58. The summed E-state index contributed by atoms with van der Waals surface area (Å²) in [5.74, 6) is 1.19. The van der Waals surface area contributed by atoms with E-state index >= 15 is 0 Å². The first-order valence-corrected chi connectivity index (χ1v) is 6.70. The third kappa shape index (κ3) is 2.35. The second-order valence-corrected chi connectivity index (χ2v) is 5.58. The van der Waals surface area contributed by atoms with Crippen molar-refractivity contribution in [2.75, 3.05) is 0 Å². The molecule has 1 atom stereocenters. The Labute approximate surface area is 94.6 Å². The number of aryl methyl sites for hydroxylation is 2. The molecule has 3 nitrogen and oxygen atoms in total. The molecule has 0 aromatic carbocycles. The minimum absolute atomic E-state index is 0.471. The highest BCUT2D eigenvalue weighted by Crippen LogP contribution is 2.19. The van der Waals surface area contributed by atoms with E-state index < -0.39 is 10.8 Å². The third-order valence-electron chi connectivity index (χ3n) is 1.98. The van der Waals surface area contributed by atoms with Crippen molar-refractivity contribution in [1.82, 2.24) is 4.98 Å². The highest BCUT2D eigenvalue weighted by Gasteiger charge is 2.12. The lowest BCUT2D eigenvalue weighted by atomic mass is 10.5. The van der Waals surface area contributed by atoms with E-state index in [9.17, 15) is 4.21 Å². The first kappa shape index (κ1) is 10.6. The van der Waals surface area contributed by atoms with Gasteiger partial charge in [0, 0.05) is 11.1 Å². The predicted octanol–water partition coefficient (Wildman–Crippen LogP) is 2.66. The largest absolute Gasteiger partial charge is 0.468 e. The molecule has 0 saturated carbocycles. The van der Waals surface area contributed by atoms with Gasteiger partial charge in [-0.1, -0.05) is 0 Å². The molecule has 0 aliphatic rings. The minimum Gasteiger partial charge on any atom is -0.468 e. The number of aromatic nitrogens is 1. The zero-order chi connectivity index (χ0) is 10.8. The SMILES string of the molecule is Cc1csc(CS(=O)c2ccoc2C)n1. The van der Waals surface area contributed by atoms with Crippen LogP contribution in [0.5, 0.6) is 0 Å². The Hall–Kier alpha value is -0.940. The predicted molar refractivity (Wildman–Crippen MR) is 60.4 cm³/mol. The van der Waals surface area contributed by atoms with Crippen molar-refractivity contribution in [1.29, 1.82) is 0 Å². The van der Waals surface area contributed by atoms with Crippen LogP contribution in [-0.2, 0) is 16.6 Å². The molecule has 2 aromatic heterocycles. The first-order valence-electron chi connectivity index (χ1n) is 4.50. The summed E-state index contributed by atoms with van der Waals surface area (Å²) < 4.78 is 17.0. The van der Waals surface area contributed by atoms with Gasteiger partial charge in [0.05, 0.1) is 27.7 Å². The molecule has 1 unspecified atom stereocenters. The molecule has 0 bridgehead atoms. The molecule has 0 N–H and O–H groups in total. The lowest BCUT2D eigenvalue weighted by Gasteiger charge is -1.96. The van der Waals surface area contributed by atoms with Crippen molar-refractivity contribution < 1.29 is 8.63 Å². The van der Waals surface area contributed by atoms with Gasteiger partial charge in [-0.25, -0.2) is 4.98 Å². The highest BCUT2D eigenvalue weighted by atomic mass is 32.2. The molecule has 5 heteroatoms. The molecule has 0 aliphatic carbocycles. The smallest absolute Gasteiger partial charge is 0.116 e. The van der Waals surface area contributed by atoms with Crippen LogP contribution in [0.25, 0.3) is 0 Å². The van der Waals surface area contributed by atoms with Crippen LogP contribution in [-0.4, -0.2) is 9.19 Å². The van der Waals surface area contributed by atoms with E-state index in [2.05, 4.69) is 4.98 Å². The van der Waals surface area contributed by atoms with Crippen LogP contribution in [0.3, 0.4) is 0 Å².